The highest BCUT2D eigenvalue weighted by molar-refractivity contribution is 6.46. The van der Waals surface area contributed by atoms with Gasteiger partial charge in [0.15, 0.2) is 0 Å². The summed E-state index contributed by atoms with van der Waals surface area (Å²) in [6.07, 6.45) is 1.56. The molecule has 2 saturated heterocycles. The molecule has 0 spiro atoms. The fraction of sp³-hybridized carbons (Fsp3) is 0.407. The van der Waals surface area contributed by atoms with Gasteiger partial charge in [-0.1, -0.05) is 30.3 Å². The maximum atomic E-state index is 13.2. The van der Waals surface area contributed by atoms with E-state index in [4.69, 9.17) is 9.47 Å². The van der Waals surface area contributed by atoms with Gasteiger partial charge in [0.25, 0.3) is 11.7 Å². The molecule has 0 radical (unpaired) electrons. The summed E-state index contributed by atoms with van der Waals surface area (Å²) in [6, 6.07) is 14.3. The first-order chi connectivity index (χ1) is 16.5. The van der Waals surface area contributed by atoms with E-state index in [0.29, 0.717) is 12.1 Å². The van der Waals surface area contributed by atoms with Crippen molar-refractivity contribution in [2.45, 2.75) is 31.9 Å². The lowest BCUT2D eigenvalue weighted by Crippen LogP contribution is -2.38. The van der Waals surface area contributed by atoms with E-state index in [-0.39, 0.29) is 17.4 Å². The van der Waals surface area contributed by atoms with Gasteiger partial charge in [-0.2, -0.15) is 0 Å². The second-order valence-electron chi connectivity index (χ2n) is 9.17. The number of amides is 1. The number of rotatable bonds is 6. The average Bonchev–Trinajstić information content (AvgIpc) is 3.35. The van der Waals surface area contributed by atoms with Crippen LogP contribution in [0.3, 0.4) is 0 Å². The lowest BCUT2D eigenvalue weighted by atomic mass is 9.94. The average molecular weight is 463 g/mol. The fourth-order valence-corrected chi connectivity index (χ4v) is 5.11. The smallest absolute Gasteiger partial charge is 0.295 e. The van der Waals surface area contributed by atoms with Crippen molar-refractivity contribution >= 4 is 17.4 Å². The Bertz CT molecular complexity index is 1110. The summed E-state index contributed by atoms with van der Waals surface area (Å²) in [7, 11) is 0. The van der Waals surface area contributed by atoms with Crippen molar-refractivity contribution < 1.29 is 24.2 Å². The highest BCUT2D eigenvalue weighted by atomic mass is 16.5. The lowest BCUT2D eigenvalue weighted by Gasteiger charge is -2.29. The number of carbonyl (C=O) groups is 2. The van der Waals surface area contributed by atoms with Crippen molar-refractivity contribution in [3.8, 4) is 5.75 Å². The van der Waals surface area contributed by atoms with Gasteiger partial charge in [-0.15, -0.1) is 0 Å². The third-order valence-electron chi connectivity index (χ3n) is 6.80. The molecule has 2 fully saturated rings. The van der Waals surface area contributed by atoms with Gasteiger partial charge < -0.3 is 19.5 Å². The maximum Gasteiger partial charge on any atom is 0.295 e. The van der Waals surface area contributed by atoms with Crippen molar-refractivity contribution in [2.75, 3.05) is 39.4 Å². The van der Waals surface area contributed by atoms with E-state index in [1.165, 1.54) is 0 Å². The number of aliphatic hydroxyl groups excluding tert-OH is 1. The molecule has 34 heavy (non-hydrogen) atoms. The summed E-state index contributed by atoms with van der Waals surface area (Å²) in [5.74, 6) is -0.532. The first kappa shape index (κ1) is 22.6. The summed E-state index contributed by atoms with van der Waals surface area (Å²) < 4.78 is 11.2. The molecular formula is C27H30N2O5. The summed E-state index contributed by atoms with van der Waals surface area (Å²) in [5, 5.41) is 11.3. The Kier molecular flexibility index (Phi) is 6.39. The standard InChI is InChI=1S/C27H30N2O5/c1-18-16-21-17-20(8-9-22(21)34-18)25(30)23-24(19-6-3-2-4-7-19)29(27(32)26(23)31)11-5-10-28-12-14-33-15-13-28/h2-4,6-9,17-18,24,30H,5,10-16H2,1H3/t18-,24+/m1/s1. The number of hydrogen-bond donors (Lipinski definition) is 1. The van der Waals surface area contributed by atoms with Gasteiger partial charge in [-0.3, -0.25) is 14.5 Å². The Balaban J connectivity index is 1.46. The van der Waals surface area contributed by atoms with E-state index < -0.39 is 17.7 Å². The molecular weight excluding hydrogens is 432 g/mol. The predicted molar refractivity (Wildman–Crippen MR) is 128 cm³/mol. The molecule has 0 bridgehead atoms. The first-order valence-corrected chi connectivity index (χ1v) is 12.0. The number of morpholine rings is 1. The molecule has 3 aliphatic rings. The van der Waals surface area contributed by atoms with Gasteiger partial charge in [0.2, 0.25) is 0 Å². The van der Waals surface area contributed by atoms with Crippen LogP contribution in [0.25, 0.3) is 5.76 Å². The number of ether oxygens (including phenoxy) is 2. The SMILES string of the molecule is C[C@@H]1Cc2cc(C(O)=C3C(=O)C(=O)N(CCCN4CCOCC4)[C@H]3c3ccccc3)ccc2O1. The molecule has 2 aromatic rings. The van der Waals surface area contributed by atoms with Crippen molar-refractivity contribution in [1.82, 2.24) is 9.80 Å². The normalized spacial score (nSPS) is 24.3. The molecule has 1 N–H and O–H groups in total. The minimum Gasteiger partial charge on any atom is -0.507 e. The van der Waals surface area contributed by atoms with Crippen LogP contribution in [0.1, 0.15) is 36.1 Å². The van der Waals surface area contributed by atoms with Crippen LogP contribution in [-0.2, 0) is 20.7 Å². The van der Waals surface area contributed by atoms with E-state index in [2.05, 4.69) is 4.90 Å². The van der Waals surface area contributed by atoms with Crippen LogP contribution < -0.4 is 4.74 Å². The second-order valence-corrected chi connectivity index (χ2v) is 9.17. The topological polar surface area (TPSA) is 79.3 Å². The number of nitrogens with zero attached hydrogens (tertiary/aromatic N) is 2. The highest BCUT2D eigenvalue weighted by Crippen LogP contribution is 2.40. The highest BCUT2D eigenvalue weighted by Gasteiger charge is 2.45. The molecule has 0 saturated carbocycles. The molecule has 1 amide bonds. The number of carbonyl (C=O) groups excluding carboxylic acids is 2. The van der Waals surface area contributed by atoms with Gasteiger partial charge in [0.05, 0.1) is 24.8 Å². The quantitative estimate of drug-likeness (QED) is 0.404. The van der Waals surface area contributed by atoms with Gasteiger partial charge >= 0.3 is 0 Å². The number of fused-ring (bicyclic) bond motifs is 1. The van der Waals surface area contributed by atoms with Gasteiger partial charge in [0.1, 0.15) is 17.6 Å². The fourth-order valence-electron chi connectivity index (χ4n) is 5.11. The number of likely N-dealkylation sites (tertiary alicyclic amines) is 1. The molecule has 3 heterocycles. The zero-order valence-corrected chi connectivity index (χ0v) is 19.4. The number of ketones is 1. The van der Waals surface area contributed by atoms with Crippen molar-refractivity contribution in [3.63, 3.8) is 0 Å². The molecule has 5 rings (SSSR count). The van der Waals surface area contributed by atoms with E-state index in [9.17, 15) is 14.7 Å². The summed E-state index contributed by atoms with van der Waals surface area (Å²) in [5.41, 5.74) is 2.48. The van der Waals surface area contributed by atoms with Gasteiger partial charge in [0, 0.05) is 38.2 Å². The molecule has 7 nitrogen and oxygen atoms in total. The summed E-state index contributed by atoms with van der Waals surface area (Å²) in [6.45, 7) is 6.46. The number of benzene rings is 2. The molecule has 3 aliphatic heterocycles. The van der Waals surface area contributed by atoms with Crippen LogP contribution in [0, 0.1) is 0 Å². The zero-order chi connectivity index (χ0) is 23.7. The minimum absolute atomic E-state index is 0.0776. The van der Waals surface area contributed by atoms with E-state index in [0.717, 1.165) is 62.6 Å². The predicted octanol–water partition coefficient (Wildman–Crippen LogP) is 3.15. The van der Waals surface area contributed by atoms with E-state index >= 15 is 0 Å². The third-order valence-corrected chi connectivity index (χ3v) is 6.80. The van der Waals surface area contributed by atoms with Crippen LogP contribution in [-0.4, -0.2) is 72.1 Å². The number of Topliss-reactive ketones (excluding diaryl/α,β-unsaturated/α-hetero) is 1. The molecule has 2 atom stereocenters. The van der Waals surface area contributed by atoms with Crippen LogP contribution >= 0.6 is 0 Å². The Labute approximate surface area is 199 Å². The Hall–Kier alpha value is -3.16. The lowest BCUT2D eigenvalue weighted by molar-refractivity contribution is -0.140. The van der Waals surface area contributed by atoms with E-state index in [1.807, 2.05) is 49.4 Å². The third kappa shape index (κ3) is 4.33. The monoisotopic (exact) mass is 462 g/mol. The molecule has 0 aromatic heterocycles. The Morgan fingerprint density at radius 2 is 1.82 bits per heavy atom. The maximum absolute atomic E-state index is 13.2. The van der Waals surface area contributed by atoms with E-state index in [1.54, 1.807) is 11.0 Å². The van der Waals surface area contributed by atoms with Crippen LogP contribution in [0.5, 0.6) is 5.75 Å². The number of hydrogen-bond acceptors (Lipinski definition) is 6. The minimum atomic E-state index is -0.636. The Morgan fingerprint density at radius 1 is 1.06 bits per heavy atom. The zero-order valence-electron chi connectivity index (χ0n) is 19.4. The largest absolute Gasteiger partial charge is 0.507 e. The summed E-state index contributed by atoms with van der Waals surface area (Å²) in [4.78, 5) is 30.3. The van der Waals surface area contributed by atoms with Gasteiger partial charge in [-0.25, -0.2) is 0 Å². The summed E-state index contributed by atoms with van der Waals surface area (Å²) >= 11 is 0. The molecule has 0 unspecified atom stereocenters. The first-order valence-electron chi connectivity index (χ1n) is 12.0. The van der Waals surface area contributed by atoms with Gasteiger partial charge in [-0.05, 0) is 42.7 Å². The molecule has 2 aromatic carbocycles. The molecule has 7 heteroatoms. The van der Waals surface area contributed by atoms with Crippen LogP contribution in [0.15, 0.2) is 54.1 Å². The Morgan fingerprint density at radius 3 is 2.59 bits per heavy atom. The molecule has 178 valence electrons. The molecule has 0 aliphatic carbocycles. The number of aliphatic hydroxyl groups is 1. The van der Waals surface area contributed by atoms with Crippen LogP contribution in [0.4, 0.5) is 0 Å². The van der Waals surface area contributed by atoms with Crippen molar-refractivity contribution in [3.05, 3.63) is 70.8 Å². The van der Waals surface area contributed by atoms with Crippen molar-refractivity contribution in [1.29, 1.82) is 0 Å². The second kappa shape index (κ2) is 9.60. The van der Waals surface area contributed by atoms with Crippen LogP contribution in [0.2, 0.25) is 0 Å². The van der Waals surface area contributed by atoms with Crippen molar-refractivity contribution in [2.24, 2.45) is 0 Å².